The molecular weight excluding hydrogens is 532 g/mol. The average Bonchev–Trinajstić information content (AvgIpc) is 3.56. The molecule has 0 radical (unpaired) electrons. The second kappa shape index (κ2) is 8.76. The topological polar surface area (TPSA) is 44.7 Å². The molecule has 6 aromatic carbocycles. The summed E-state index contributed by atoms with van der Waals surface area (Å²) in [5.41, 5.74) is 9.70. The zero-order valence-corrected chi connectivity index (χ0v) is 23.7. The van der Waals surface area contributed by atoms with E-state index < -0.39 is 5.79 Å². The van der Waals surface area contributed by atoms with Crippen molar-refractivity contribution in [1.29, 1.82) is 0 Å². The van der Waals surface area contributed by atoms with Gasteiger partial charge in [0.2, 0.25) is 5.79 Å². The van der Waals surface area contributed by atoms with Gasteiger partial charge in [-0.05, 0) is 65.2 Å². The lowest BCUT2D eigenvalue weighted by atomic mass is 9.94. The van der Waals surface area contributed by atoms with Gasteiger partial charge in [-0.1, -0.05) is 72.8 Å². The van der Waals surface area contributed by atoms with Gasteiger partial charge in [-0.25, -0.2) is 0 Å². The van der Waals surface area contributed by atoms with Crippen LogP contribution in [0.5, 0.6) is 11.5 Å². The maximum atomic E-state index is 6.43. The predicted molar refractivity (Wildman–Crippen MR) is 173 cm³/mol. The molecule has 0 N–H and O–H groups in total. The summed E-state index contributed by atoms with van der Waals surface area (Å²) in [7, 11) is 0. The number of rotatable bonds is 2. The molecule has 0 aliphatic carbocycles. The monoisotopic (exact) mass is 558 g/mol. The van der Waals surface area contributed by atoms with Crippen molar-refractivity contribution in [2.24, 2.45) is 0 Å². The van der Waals surface area contributed by atoms with Crippen molar-refractivity contribution in [2.75, 3.05) is 0 Å². The number of hydrogen-bond donors (Lipinski definition) is 0. The summed E-state index contributed by atoms with van der Waals surface area (Å²) < 4.78 is 25.4. The lowest BCUT2D eigenvalue weighted by Crippen LogP contribution is -2.34. The number of benzene rings is 6. The van der Waals surface area contributed by atoms with Crippen LogP contribution in [0.4, 0.5) is 0 Å². The van der Waals surface area contributed by atoms with Gasteiger partial charge in [0.05, 0.1) is 0 Å². The molecule has 1 aliphatic heterocycles. The molecule has 0 unspecified atom stereocenters. The Morgan fingerprint density at radius 1 is 0.419 bits per heavy atom. The zero-order valence-electron chi connectivity index (χ0n) is 23.7. The highest BCUT2D eigenvalue weighted by Gasteiger charge is 2.30. The SMILES string of the molecule is CC1(C)Oc2ccc(-c3ccc4c(c3)oc3ccccc34)cc2-c2cc(-c3cccc4c3oc3ccccc34)ccc2O1. The van der Waals surface area contributed by atoms with Crippen molar-refractivity contribution < 1.29 is 18.3 Å². The van der Waals surface area contributed by atoms with Crippen LogP contribution < -0.4 is 9.47 Å². The second-order valence-electron chi connectivity index (χ2n) is 11.6. The number of furan rings is 2. The van der Waals surface area contributed by atoms with Gasteiger partial charge in [0, 0.05) is 52.1 Å². The zero-order chi connectivity index (χ0) is 28.7. The molecule has 0 spiro atoms. The number of hydrogen-bond acceptors (Lipinski definition) is 4. The molecule has 3 heterocycles. The highest BCUT2D eigenvalue weighted by molar-refractivity contribution is 6.10. The van der Waals surface area contributed by atoms with Gasteiger partial charge in [-0.15, -0.1) is 0 Å². The van der Waals surface area contributed by atoms with E-state index >= 15 is 0 Å². The van der Waals surface area contributed by atoms with E-state index in [1.807, 2.05) is 62.4 Å². The van der Waals surface area contributed by atoms with E-state index in [4.69, 9.17) is 18.3 Å². The smallest absolute Gasteiger partial charge is 0.245 e. The van der Waals surface area contributed by atoms with Crippen molar-refractivity contribution >= 4 is 43.9 Å². The summed E-state index contributed by atoms with van der Waals surface area (Å²) in [6, 6.07) is 41.7. The molecule has 4 nitrogen and oxygen atoms in total. The standard InChI is InChI=1S/C39H26O4/c1-39(2)42-35-18-15-23(24-14-17-29-27-8-3-5-12-33(27)40-37(29)22-24)20-31(35)32-21-25(16-19-36(32)43-39)26-10-7-11-30-28-9-4-6-13-34(28)41-38(26)30/h3-22H,1-2H3. The fraction of sp³-hybridized carbons (Fsp3) is 0.0769. The summed E-state index contributed by atoms with van der Waals surface area (Å²) >= 11 is 0. The van der Waals surface area contributed by atoms with Gasteiger partial charge < -0.3 is 18.3 Å². The molecule has 0 saturated carbocycles. The first-order valence-electron chi connectivity index (χ1n) is 14.5. The molecule has 0 saturated heterocycles. The average molecular weight is 559 g/mol. The van der Waals surface area contributed by atoms with Gasteiger partial charge in [0.15, 0.2) is 0 Å². The van der Waals surface area contributed by atoms with Crippen LogP contribution in [0.15, 0.2) is 130 Å². The van der Waals surface area contributed by atoms with Crippen molar-refractivity contribution in [3.05, 3.63) is 121 Å². The highest BCUT2D eigenvalue weighted by Crippen LogP contribution is 2.47. The van der Waals surface area contributed by atoms with Crippen LogP contribution in [0.1, 0.15) is 13.8 Å². The van der Waals surface area contributed by atoms with Gasteiger partial charge in [-0.3, -0.25) is 0 Å². The quantitative estimate of drug-likeness (QED) is 0.212. The molecule has 2 aromatic heterocycles. The predicted octanol–water partition coefficient (Wildman–Crippen LogP) is 11.0. The van der Waals surface area contributed by atoms with Crippen LogP contribution in [-0.2, 0) is 0 Å². The molecule has 9 rings (SSSR count). The molecule has 0 amide bonds. The normalized spacial score (nSPS) is 13.9. The molecule has 0 bridgehead atoms. The Kier molecular flexibility index (Phi) is 4.92. The van der Waals surface area contributed by atoms with E-state index in [2.05, 4.69) is 72.8 Å². The third kappa shape index (κ3) is 3.76. The number of para-hydroxylation sites is 3. The third-order valence-electron chi connectivity index (χ3n) is 8.39. The number of fused-ring (bicyclic) bond motifs is 9. The van der Waals surface area contributed by atoms with Crippen LogP contribution in [0.25, 0.3) is 77.3 Å². The maximum absolute atomic E-state index is 6.43. The Hall–Kier alpha value is -5.48. The molecule has 8 aromatic rings. The Morgan fingerprint density at radius 2 is 0.977 bits per heavy atom. The van der Waals surface area contributed by atoms with Crippen LogP contribution >= 0.6 is 0 Å². The van der Waals surface area contributed by atoms with Crippen LogP contribution in [0, 0.1) is 0 Å². The van der Waals surface area contributed by atoms with Crippen molar-refractivity contribution in [3.63, 3.8) is 0 Å². The molecule has 1 aliphatic rings. The van der Waals surface area contributed by atoms with E-state index in [9.17, 15) is 0 Å². The maximum Gasteiger partial charge on any atom is 0.245 e. The number of ether oxygens (including phenoxy) is 2. The molecular formula is C39H26O4. The van der Waals surface area contributed by atoms with E-state index in [0.29, 0.717) is 0 Å². The lowest BCUT2D eigenvalue weighted by molar-refractivity contribution is -0.0778. The minimum Gasteiger partial charge on any atom is -0.456 e. The Bertz CT molecular complexity index is 2390. The largest absolute Gasteiger partial charge is 0.456 e. The van der Waals surface area contributed by atoms with E-state index in [1.54, 1.807) is 0 Å². The van der Waals surface area contributed by atoms with Crippen molar-refractivity contribution in [2.45, 2.75) is 19.6 Å². The van der Waals surface area contributed by atoms with Crippen molar-refractivity contribution in [1.82, 2.24) is 0 Å². The van der Waals surface area contributed by atoms with Gasteiger partial charge in [-0.2, -0.15) is 0 Å². The van der Waals surface area contributed by atoms with Crippen LogP contribution in [0.2, 0.25) is 0 Å². The Morgan fingerprint density at radius 3 is 1.74 bits per heavy atom. The summed E-state index contributed by atoms with van der Waals surface area (Å²) in [5, 5.41) is 4.46. The first-order chi connectivity index (χ1) is 21.0. The van der Waals surface area contributed by atoms with E-state index in [0.717, 1.165) is 88.8 Å². The molecule has 43 heavy (non-hydrogen) atoms. The van der Waals surface area contributed by atoms with Gasteiger partial charge in [0.1, 0.15) is 33.8 Å². The Balaban J connectivity index is 1.22. The lowest BCUT2D eigenvalue weighted by Gasteiger charge is -2.25. The summed E-state index contributed by atoms with van der Waals surface area (Å²) in [4.78, 5) is 0. The van der Waals surface area contributed by atoms with Gasteiger partial charge in [0.25, 0.3) is 0 Å². The van der Waals surface area contributed by atoms with E-state index in [1.165, 1.54) is 0 Å². The highest BCUT2D eigenvalue weighted by atomic mass is 16.7. The fourth-order valence-corrected chi connectivity index (χ4v) is 6.44. The first kappa shape index (κ1) is 24.2. The molecule has 0 fully saturated rings. The second-order valence-corrected chi connectivity index (χ2v) is 11.6. The first-order valence-corrected chi connectivity index (χ1v) is 14.5. The molecule has 206 valence electrons. The molecule has 4 heteroatoms. The third-order valence-corrected chi connectivity index (χ3v) is 8.39. The van der Waals surface area contributed by atoms with Crippen molar-refractivity contribution in [3.8, 4) is 44.9 Å². The summed E-state index contributed by atoms with van der Waals surface area (Å²) in [5.74, 6) is 0.709. The Labute approximate surface area is 247 Å². The molecule has 0 atom stereocenters. The van der Waals surface area contributed by atoms with Gasteiger partial charge >= 0.3 is 0 Å². The van der Waals surface area contributed by atoms with Crippen LogP contribution in [0.3, 0.4) is 0 Å². The minimum absolute atomic E-state index is 0.772. The summed E-state index contributed by atoms with van der Waals surface area (Å²) in [6.07, 6.45) is 0. The summed E-state index contributed by atoms with van der Waals surface area (Å²) in [6.45, 7) is 3.89. The van der Waals surface area contributed by atoms with Crippen LogP contribution in [-0.4, -0.2) is 5.79 Å². The minimum atomic E-state index is -0.838. The van der Waals surface area contributed by atoms with E-state index in [-0.39, 0.29) is 0 Å². The fourth-order valence-electron chi connectivity index (χ4n) is 6.44.